The minimum Gasteiger partial charge on any atom is -0.507 e. The molecular formula is C30H23NO6. The van der Waals surface area contributed by atoms with Gasteiger partial charge >= 0.3 is 5.97 Å². The number of para-hydroxylation sites is 1. The van der Waals surface area contributed by atoms with Crippen LogP contribution in [0.4, 0.5) is 0 Å². The summed E-state index contributed by atoms with van der Waals surface area (Å²) in [7, 11) is 1.50. The number of likely N-dealkylation sites (tertiary alicyclic amines) is 1. The average Bonchev–Trinajstić information content (AvgIpc) is 3.17. The van der Waals surface area contributed by atoms with Crippen LogP contribution >= 0.6 is 0 Å². The molecule has 0 aliphatic carbocycles. The van der Waals surface area contributed by atoms with Crippen molar-refractivity contribution in [2.24, 2.45) is 0 Å². The summed E-state index contributed by atoms with van der Waals surface area (Å²) in [5, 5.41) is 22.4. The van der Waals surface area contributed by atoms with Crippen molar-refractivity contribution in [1.29, 1.82) is 0 Å². The van der Waals surface area contributed by atoms with E-state index < -0.39 is 23.7 Å². The summed E-state index contributed by atoms with van der Waals surface area (Å²) < 4.78 is 5.55. The predicted molar refractivity (Wildman–Crippen MR) is 138 cm³/mol. The molecule has 184 valence electrons. The van der Waals surface area contributed by atoms with Gasteiger partial charge in [0.1, 0.15) is 11.5 Å². The van der Waals surface area contributed by atoms with Gasteiger partial charge in [-0.05, 0) is 34.5 Å². The number of amides is 1. The molecule has 1 fully saturated rings. The van der Waals surface area contributed by atoms with Gasteiger partial charge in [-0.3, -0.25) is 9.59 Å². The van der Waals surface area contributed by atoms with Crippen LogP contribution in [0.5, 0.6) is 5.75 Å². The van der Waals surface area contributed by atoms with Crippen LogP contribution in [0, 0.1) is 0 Å². The Bertz CT molecular complexity index is 1570. The Hall–Kier alpha value is -4.91. The Morgan fingerprint density at radius 3 is 2.27 bits per heavy atom. The zero-order valence-corrected chi connectivity index (χ0v) is 19.9. The maximum atomic E-state index is 13.5. The molecule has 1 amide bonds. The van der Waals surface area contributed by atoms with E-state index >= 15 is 0 Å². The molecule has 37 heavy (non-hydrogen) atoms. The Morgan fingerprint density at radius 2 is 1.54 bits per heavy atom. The lowest BCUT2D eigenvalue weighted by molar-refractivity contribution is -0.140. The molecule has 7 heteroatoms. The van der Waals surface area contributed by atoms with E-state index in [2.05, 4.69) is 0 Å². The Labute approximate surface area is 212 Å². The molecule has 0 radical (unpaired) electrons. The molecule has 2 N–H and O–H groups in total. The topological polar surface area (TPSA) is 104 Å². The number of benzene rings is 4. The SMILES string of the molecule is COc1ccccc1C1/C(=C(\O)c2cccc3ccccc23)C(=O)C(=O)N1Cc1ccc(C(=O)O)cc1. The standard InChI is InChI=1S/C30H23NO6/c1-37-24-12-5-4-10-23(24)26-25(27(32)22-11-6-8-19-7-2-3-9-21(19)22)28(33)29(34)31(26)17-18-13-15-20(16-14-18)30(35)36/h2-16,26,32H,17H2,1H3,(H,35,36)/b27-25+. The van der Waals surface area contributed by atoms with Crippen LogP contribution in [0.1, 0.15) is 33.1 Å². The van der Waals surface area contributed by atoms with Gasteiger partial charge in [0.15, 0.2) is 0 Å². The third kappa shape index (κ3) is 4.21. The fraction of sp³-hybridized carbons (Fsp3) is 0.100. The molecule has 5 rings (SSSR count). The smallest absolute Gasteiger partial charge is 0.335 e. The minimum atomic E-state index is -1.06. The average molecular weight is 494 g/mol. The number of carbonyl (C=O) groups is 3. The highest BCUT2D eigenvalue weighted by atomic mass is 16.5. The van der Waals surface area contributed by atoms with Gasteiger partial charge in [-0.2, -0.15) is 0 Å². The maximum absolute atomic E-state index is 13.5. The van der Waals surface area contributed by atoms with Crippen molar-refractivity contribution in [3.63, 3.8) is 0 Å². The van der Waals surface area contributed by atoms with Crippen molar-refractivity contribution in [3.05, 3.63) is 119 Å². The summed E-state index contributed by atoms with van der Waals surface area (Å²) in [5.41, 5.74) is 1.71. The molecular weight excluding hydrogens is 470 g/mol. The molecule has 1 atom stereocenters. The molecule has 1 aliphatic rings. The van der Waals surface area contributed by atoms with E-state index in [1.54, 1.807) is 48.5 Å². The van der Waals surface area contributed by atoms with E-state index in [9.17, 15) is 24.6 Å². The van der Waals surface area contributed by atoms with Crippen LogP contribution < -0.4 is 4.74 Å². The molecule has 1 saturated heterocycles. The highest BCUT2D eigenvalue weighted by Crippen LogP contribution is 2.44. The Morgan fingerprint density at radius 1 is 0.865 bits per heavy atom. The Balaban J connectivity index is 1.69. The minimum absolute atomic E-state index is 0.0273. The molecule has 4 aromatic carbocycles. The summed E-state index contributed by atoms with van der Waals surface area (Å²) in [6.45, 7) is 0.0273. The number of aliphatic hydroxyl groups is 1. The first kappa shape index (κ1) is 23.8. The monoisotopic (exact) mass is 493 g/mol. The molecule has 1 heterocycles. The molecule has 0 saturated carbocycles. The van der Waals surface area contributed by atoms with Crippen molar-refractivity contribution in [1.82, 2.24) is 4.90 Å². The lowest BCUT2D eigenvalue weighted by Gasteiger charge is -2.26. The van der Waals surface area contributed by atoms with E-state index in [4.69, 9.17) is 4.74 Å². The number of fused-ring (bicyclic) bond motifs is 1. The summed E-state index contributed by atoms with van der Waals surface area (Å²) in [5.74, 6) is -2.43. The van der Waals surface area contributed by atoms with Gasteiger partial charge in [0.2, 0.25) is 0 Å². The number of rotatable bonds is 6. The molecule has 4 aromatic rings. The lowest BCUT2D eigenvalue weighted by atomic mass is 9.93. The van der Waals surface area contributed by atoms with E-state index in [1.807, 2.05) is 30.3 Å². The molecule has 0 aromatic heterocycles. The second-order valence-corrected chi connectivity index (χ2v) is 8.70. The molecule has 1 unspecified atom stereocenters. The van der Waals surface area contributed by atoms with Crippen molar-refractivity contribution in [2.75, 3.05) is 7.11 Å². The molecule has 1 aliphatic heterocycles. The second-order valence-electron chi connectivity index (χ2n) is 8.70. The van der Waals surface area contributed by atoms with Crippen LogP contribution in [-0.2, 0) is 16.1 Å². The molecule has 0 bridgehead atoms. The summed E-state index contributed by atoms with van der Waals surface area (Å²) in [6, 6.07) is 25.1. The third-order valence-corrected chi connectivity index (χ3v) is 6.57. The molecule has 7 nitrogen and oxygen atoms in total. The summed E-state index contributed by atoms with van der Waals surface area (Å²) in [4.78, 5) is 39.5. The number of methoxy groups -OCH3 is 1. The number of nitrogens with zero attached hydrogens (tertiary/aromatic N) is 1. The third-order valence-electron chi connectivity index (χ3n) is 6.57. The van der Waals surface area contributed by atoms with Crippen LogP contribution in [0.2, 0.25) is 0 Å². The maximum Gasteiger partial charge on any atom is 0.335 e. The zero-order chi connectivity index (χ0) is 26.1. The number of ketones is 1. The largest absolute Gasteiger partial charge is 0.507 e. The number of hydrogen-bond acceptors (Lipinski definition) is 5. The Kier molecular flexibility index (Phi) is 6.19. The first-order valence-electron chi connectivity index (χ1n) is 11.6. The zero-order valence-electron chi connectivity index (χ0n) is 19.9. The van der Waals surface area contributed by atoms with Crippen LogP contribution in [0.25, 0.3) is 16.5 Å². The van der Waals surface area contributed by atoms with Crippen LogP contribution in [0.15, 0.2) is 96.6 Å². The highest BCUT2D eigenvalue weighted by Gasteiger charge is 2.47. The number of ether oxygens (including phenoxy) is 1. The normalized spacial score (nSPS) is 16.8. The molecule has 0 spiro atoms. The van der Waals surface area contributed by atoms with Gasteiger partial charge in [0.25, 0.3) is 11.7 Å². The van der Waals surface area contributed by atoms with Crippen molar-refractivity contribution in [3.8, 4) is 5.75 Å². The quantitative estimate of drug-likeness (QED) is 0.218. The first-order chi connectivity index (χ1) is 17.9. The summed E-state index contributed by atoms with van der Waals surface area (Å²) >= 11 is 0. The van der Waals surface area contributed by atoms with Crippen LogP contribution in [-0.4, -0.2) is 39.9 Å². The number of Topliss-reactive ketones (excluding diaryl/α,β-unsaturated/α-hetero) is 1. The van der Waals surface area contributed by atoms with E-state index in [1.165, 1.54) is 24.1 Å². The van der Waals surface area contributed by atoms with Crippen molar-refractivity contribution < 1.29 is 29.3 Å². The van der Waals surface area contributed by atoms with Crippen molar-refractivity contribution >= 4 is 34.2 Å². The lowest BCUT2D eigenvalue weighted by Crippen LogP contribution is -2.29. The van der Waals surface area contributed by atoms with E-state index in [0.717, 1.165) is 10.8 Å². The fourth-order valence-electron chi connectivity index (χ4n) is 4.79. The van der Waals surface area contributed by atoms with Gasteiger partial charge in [-0.15, -0.1) is 0 Å². The predicted octanol–water partition coefficient (Wildman–Crippen LogP) is 5.17. The van der Waals surface area contributed by atoms with Crippen molar-refractivity contribution in [2.45, 2.75) is 12.6 Å². The van der Waals surface area contributed by atoms with E-state index in [0.29, 0.717) is 22.4 Å². The fourth-order valence-corrected chi connectivity index (χ4v) is 4.79. The van der Waals surface area contributed by atoms with E-state index in [-0.39, 0.29) is 23.4 Å². The van der Waals surface area contributed by atoms with Gasteiger partial charge in [-0.25, -0.2) is 4.79 Å². The van der Waals surface area contributed by atoms with Crippen LogP contribution in [0.3, 0.4) is 0 Å². The highest BCUT2D eigenvalue weighted by molar-refractivity contribution is 6.46. The number of hydrogen-bond donors (Lipinski definition) is 2. The number of carboxylic acid groups (broad SMARTS) is 1. The summed E-state index contributed by atoms with van der Waals surface area (Å²) in [6.07, 6.45) is 0. The first-order valence-corrected chi connectivity index (χ1v) is 11.6. The van der Waals surface area contributed by atoms with Gasteiger partial charge in [-0.1, -0.05) is 72.8 Å². The number of aromatic carboxylic acids is 1. The number of aliphatic hydroxyl groups excluding tert-OH is 1. The number of carbonyl (C=O) groups excluding carboxylic acids is 2. The van der Waals surface area contributed by atoms with Gasteiger partial charge in [0.05, 0.1) is 24.3 Å². The van der Waals surface area contributed by atoms with Gasteiger partial charge < -0.3 is 19.8 Å². The van der Waals surface area contributed by atoms with Gasteiger partial charge in [0, 0.05) is 17.7 Å². The second kappa shape index (κ2) is 9.62. The number of carboxylic acids is 1.